The maximum Gasteiger partial charge on any atom is 0.330 e. The number of amides is 2. The Balaban J connectivity index is 1.35. The summed E-state index contributed by atoms with van der Waals surface area (Å²) in [4.78, 5) is 58.7. The van der Waals surface area contributed by atoms with Crippen molar-refractivity contribution in [2.75, 3.05) is 19.7 Å². The summed E-state index contributed by atoms with van der Waals surface area (Å²) < 4.78 is 7.37. The number of hydrogen-bond donors (Lipinski definition) is 2. The molecule has 2 N–H and O–H groups in total. The summed E-state index contributed by atoms with van der Waals surface area (Å²) in [7, 11) is 0. The molecular weight excluding hydrogens is 462 g/mol. The Hall–Kier alpha value is -3.95. The third kappa shape index (κ3) is 4.75. The lowest BCUT2D eigenvalue weighted by atomic mass is 10.0. The molecule has 5 rings (SSSR count). The topological polar surface area (TPSA) is 126 Å². The van der Waals surface area contributed by atoms with Gasteiger partial charge in [-0.15, -0.1) is 0 Å². The van der Waals surface area contributed by atoms with Crippen LogP contribution in [0.25, 0.3) is 11.0 Å². The standard InChI is InChI=1S/C26H29N5O5/c1-2-20(18-7-3-4-8-21(18)36-15-22(32)30-11-5-6-12-30)28-24(33)16-13-19-23(27-14-16)31(17-9-10-17)26(35)29-25(19)34/h3-4,7-8,13-14,17,20H,2,5-6,9-12,15H2,1H3,(H,28,33)(H,29,34,35). The number of rotatable bonds is 8. The molecule has 0 spiro atoms. The number of H-pyrrole nitrogens is 1. The van der Waals surface area contributed by atoms with Gasteiger partial charge >= 0.3 is 5.69 Å². The van der Waals surface area contributed by atoms with Gasteiger partial charge in [-0.2, -0.15) is 0 Å². The molecule has 3 aromatic rings. The van der Waals surface area contributed by atoms with Crippen molar-refractivity contribution in [3.63, 3.8) is 0 Å². The molecule has 2 fully saturated rings. The SMILES string of the molecule is CCC(NC(=O)c1cnc2c(c1)c(=O)[nH]c(=O)n2C1CC1)c1ccccc1OCC(=O)N1CCCC1. The number of nitrogens with zero attached hydrogens (tertiary/aromatic N) is 3. The maximum atomic E-state index is 13.2. The smallest absolute Gasteiger partial charge is 0.330 e. The monoisotopic (exact) mass is 491 g/mol. The number of pyridine rings is 1. The van der Waals surface area contributed by atoms with Gasteiger partial charge in [-0.3, -0.25) is 23.9 Å². The van der Waals surface area contributed by atoms with Crippen LogP contribution in [0.5, 0.6) is 5.75 Å². The van der Waals surface area contributed by atoms with E-state index in [1.165, 1.54) is 16.8 Å². The van der Waals surface area contributed by atoms with E-state index in [2.05, 4.69) is 15.3 Å². The van der Waals surface area contributed by atoms with Crippen molar-refractivity contribution in [3.8, 4) is 5.75 Å². The first-order valence-corrected chi connectivity index (χ1v) is 12.4. The van der Waals surface area contributed by atoms with Crippen molar-refractivity contribution in [2.45, 2.75) is 51.1 Å². The third-order valence-corrected chi connectivity index (χ3v) is 6.77. The molecule has 1 saturated carbocycles. The average molecular weight is 492 g/mol. The molecule has 10 heteroatoms. The number of carbonyl (C=O) groups is 2. The van der Waals surface area contributed by atoms with Gasteiger partial charge in [0.05, 0.1) is 17.0 Å². The average Bonchev–Trinajstić information content (AvgIpc) is 3.56. The van der Waals surface area contributed by atoms with Gasteiger partial charge in [-0.25, -0.2) is 9.78 Å². The quantitative estimate of drug-likeness (QED) is 0.498. The van der Waals surface area contributed by atoms with Crippen LogP contribution in [0.3, 0.4) is 0 Å². The van der Waals surface area contributed by atoms with Crippen molar-refractivity contribution < 1.29 is 14.3 Å². The van der Waals surface area contributed by atoms with E-state index in [9.17, 15) is 19.2 Å². The van der Waals surface area contributed by atoms with E-state index in [0.717, 1.165) is 44.3 Å². The lowest BCUT2D eigenvalue weighted by Gasteiger charge is -2.22. The molecule has 3 heterocycles. The number of ether oxygens (including phenoxy) is 1. The number of nitrogens with one attached hydrogen (secondary N) is 2. The Bertz CT molecular complexity index is 1420. The van der Waals surface area contributed by atoms with Crippen LogP contribution in [-0.2, 0) is 4.79 Å². The molecule has 1 aliphatic heterocycles. The summed E-state index contributed by atoms with van der Waals surface area (Å²) in [6, 6.07) is 8.45. The zero-order valence-electron chi connectivity index (χ0n) is 20.2. The molecular formula is C26H29N5O5. The highest BCUT2D eigenvalue weighted by atomic mass is 16.5. The molecule has 1 atom stereocenters. The second-order valence-electron chi connectivity index (χ2n) is 9.30. The van der Waals surface area contributed by atoms with E-state index in [-0.39, 0.29) is 41.2 Å². The van der Waals surface area contributed by atoms with Crippen LogP contribution >= 0.6 is 0 Å². The van der Waals surface area contributed by atoms with E-state index in [0.29, 0.717) is 12.2 Å². The number of hydrogen-bond acceptors (Lipinski definition) is 6. The molecule has 1 saturated heterocycles. The Kier molecular flexibility index (Phi) is 6.58. The van der Waals surface area contributed by atoms with Gasteiger partial charge in [0.25, 0.3) is 17.4 Å². The van der Waals surface area contributed by atoms with Crippen molar-refractivity contribution in [1.29, 1.82) is 0 Å². The molecule has 10 nitrogen and oxygen atoms in total. The Morgan fingerprint density at radius 2 is 1.94 bits per heavy atom. The Morgan fingerprint density at radius 1 is 1.19 bits per heavy atom. The summed E-state index contributed by atoms with van der Waals surface area (Å²) in [5, 5.41) is 3.19. The number of aromatic amines is 1. The van der Waals surface area contributed by atoms with Crippen LogP contribution < -0.4 is 21.3 Å². The van der Waals surface area contributed by atoms with E-state index in [1.54, 1.807) is 11.0 Å². The minimum absolute atomic E-state index is 0.0300. The first kappa shape index (κ1) is 23.8. The zero-order chi connectivity index (χ0) is 25.2. The van der Waals surface area contributed by atoms with E-state index in [4.69, 9.17) is 4.74 Å². The second-order valence-corrected chi connectivity index (χ2v) is 9.30. The van der Waals surface area contributed by atoms with Gasteiger partial charge < -0.3 is 15.0 Å². The molecule has 0 bridgehead atoms. The van der Waals surface area contributed by atoms with Gasteiger partial charge in [-0.05, 0) is 44.2 Å². The summed E-state index contributed by atoms with van der Waals surface area (Å²) in [6.07, 6.45) is 5.71. The van der Waals surface area contributed by atoms with Crippen molar-refractivity contribution >= 4 is 22.8 Å². The van der Waals surface area contributed by atoms with Crippen LogP contribution in [0.2, 0.25) is 0 Å². The number of para-hydroxylation sites is 1. The molecule has 1 unspecified atom stereocenters. The number of fused-ring (bicyclic) bond motifs is 1. The zero-order valence-corrected chi connectivity index (χ0v) is 20.2. The molecule has 2 amide bonds. The highest BCUT2D eigenvalue weighted by Crippen LogP contribution is 2.34. The largest absolute Gasteiger partial charge is 0.483 e. The molecule has 0 radical (unpaired) electrons. The maximum absolute atomic E-state index is 13.2. The fourth-order valence-electron chi connectivity index (χ4n) is 4.67. The van der Waals surface area contributed by atoms with E-state index < -0.39 is 17.2 Å². The fraction of sp³-hybridized carbons (Fsp3) is 0.423. The first-order chi connectivity index (χ1) is 17.5. The molecule has 36 heavy (non-hydrogen) atoms. The first-order valence-electron chi connectivity index (χ1n) is 12.4. The predicted molar refractivity (Wildman–Crippen MR) is 133 cm³/mol. The summed E-state index contributed by atoms with van der Waals surface area (Å²) >= 11 is 0. The van der Waals surface area contributed by atoms with Gasteiger partial charge in [0.15, 0.2) is 6.61 Å². The van der Waals surface area contributed by atoms with Crippen LogP contribution in [-0.4, -0.2) is 50.9 Å². The normalized spacial score (nSPS) is 16.2. The van der Waals surface area contributed by atoms with Gasteiger partial charge in [0, 0.05) is 30.9 Å². The van der Waals surface area contributed by atoms with Crippen LogP contribution in [0, 0.1) is 0 Å². The molecule has 1 aliphatic carbocycles. The number of benzene rings is 1. The van der Waals surface area contributed by atoms with Gasteiger partial charge in [-0.1, -0.05) is 25.1 Å². The summed E-state index contributed by atoms with van der Waals surface area (Å²) in [5.74, 6) is 0.0954. The molecule has 2 aromatic heterocycles. The van der Waals surface area contributed by atoms with Crippen LogP contribution in [0.1, 0.15) is 67.0 Å². The van der Waals surface area contributed by atoms with E-state index in [1.807, 2.05) is 25.1 Å². The number of likely N-dealkylation sites (tertiary alicyclic amines) is 1. The van der Waals surface area contributed by atoms with Crippen LogP contribution in [0.4, 0.5) is 0 Å². The number of carbonyl (C=O) groups excluding carboxylic acids is 2. The lowest BCUT2D eigenvalue weighted by Crippen LogP contribution is -2.33. The minimum atomic E-state index is -0.567. The van der Waals surface area contributed by atoms with Crippen LogP contribution in [0.15, 0.2) is 46.1 Å². The summed E-state index contributed by atoms with van der Waals surface area (Å²) in [6.45, 7) is 3.41. The Labute approximate surface area is 207 Å². The van der Waals surface area contributed by atoms with Gasteiger partial charge in [0.1, 0.15) is 11.4 Å². The highest BCUT2D eigenvalue weighted by Gasteiger charge is 2.28. The molecule has 1 aromatic carbocycles. The summed E-state index contributed by atoms with van der Waals surface area (Å²) in [5.41, 5.74) is 0.219. The fourth-order valence-corrected chi connectivity index (χ4v) is 4.67. The second kappa shape index (κ2) is 9.96. The Morgan fingerprint density at radius 3 is 2.67 bits per heavy atom. The van der Waals surface area contributed by atoms with Gasteiger partial charge in [0.2, 0.25) is 0 Å². The van der Waals surface area contributed by atoms with Crippen molar-refractivity contribution in [1.82, 2.24) is 24.8 Å². The highest BCUT2D eigenvalue weighted by molar-refractivity contribution is 5.97. The van der Waals surface area contributed by atoms with Crippen molar-refractivity contribution in [2.24, 2.45) is 0 Å². The molecule has 188 valence electrons. The predicted octanol–water partition coefficient (Wildman–Crippen LogP) is 2.30. The third-order valence-electron chi connectivity index (χ3n) is 6.77. The number of aromatic nitrogens is 3. The molecule has 2 aliphatic rings. The lowest BCUT2D eigenvalue weighted by molar-refractivity contribution is -0.132. The minimum Gasteiger partial charge on any atom is -0.483 e. The van der Waals surface area contributed by atoms with E-state index >= 15 is 0 Å². The van der Waals surface area contributed by atoms with Crippen molar-refractivity contribution in [3.05, 3.63) is 68.5 Å².